The van der Waals surface area contributed by atoms with Crippen molar-refractivity contribution < 1.29 is 14.6 Å². The van der Waals surface area contributed by atoms with Crippen molar-refractivity contribution in [2.75, 3.05) is 6.61 Å². The van der Waals surface area contributed by atoms with Crippen LogP contribution in [0.2, 0.25) is 0 Å². The second-order valence-corrected chi connectivity index (χ2v) is 13.7. The fraction of sp³-hybridized carbons (Fsp3) is 0.967. The molecule has 0 aromatic heterocycles. The minimum Gasteiger partial charge on any atom is -0.463 e. The summed E-state index contributed by atoms with van der Waals surface area (Å²) in [6.45, 7) is 13.3. The summed E-state index contributed by atoms with van der Waals surface area (Å²) in [4.78, 5) is 11.2. The van der Waals surface area contributed by atoms with Gasteiger partial charge in [-0.1, -0.05) is 47.0 Å². The number of carbonyl (C=O) groups excluding carboxylic acids is 1. The average Bonchev–Trinajstić information content (AvgIpc) is 3.12. The van der Waals surface area contributed by atoms with Gasteiger partial charge in [-0.2, -0.15) is 0 Å². The van der Waals surface area contributed by atoms with E-state index in [1.54, 1.807) is 0 Å². The maximum absolute atomic E-state index is 11.2. The minimum absolute atomic E-state index is 0.101. The molecule has 4 rings (SSSR count). The van der Waals surface area contributed by atoms with Gasteiger partial charge >= 0.3 is 5.97 Å². The maximum Gasteiger partial charge on any atom is 0.302 e. The molecule has 3 heteroatoms. The van der Waals surface area contributed by atoms with Crippen molar-refractivity contribution in [2.45, 2.75) is 124 Å². The van der Waals surface area contributed by atoms with Gasteiger partial charge in [-0.3, -0.25) is 4.79 Å². The molecule has 190 valence electrons. The Morgan fingerprint density at radius 2 is 1.70 bits per heavy atom. The standard InChI is InChI=1S/C30H52O3/c1-20(10-11-21(2)30(6,32)19-33-22(3)31)25-14-15-26-24-13-12-23-9-7-8-17-28(23,4)27(24)16-18-29(25,26)5/h20-21,23-27,32H,7-19H2,1-6H3/t20-,21+,23?,24+,25-,26+,27+,28+,29-,30?/m1/s1. The van der Waals surface area contributed by atoms with Gasteiger partial charge in [-0.25, -0.2) is 0 Å². The molecule has 0 bridgehead atoms. The van der Waals surface area contributed by atoms with Gasteiger partial charge in [0.15, 0.2) is 0 Å². The molecule has 10 atom stereocenters. The zero-order valence-electron chi connectivity index (χ0n) is 22.5. The summed E-state index contributed by atoms with van der Waals surface area (Å²) < 4.78 is 5.13. The van der Waals surface area contributed by atoms with Crippen LogP contribution in [0.15, 0.2) is 0 Å². The molecule has 4 aliphatic carbocycles. The third kappa shape index (κ3) is 4.66. The van der Waals surface area contributed by atoms with Crippen LogP contribution in [-0.2, 0) is 9.53 Å². The number of hydrogen-bond acceptors (Lipinski definition) is 3. The Morgan fingerprint density at radius 1 is 0.970 bits per heavy atom. The Hall–Kier alpha value is -0.570. The van der Waals surface area contributed by atoms with Gasteiger partial charge in [0.1, 0.15) is 6.61 Å². The fourth-order valence-corrected chi connectivity index (χ4v) is 9.69. The van der Waals surface area contributed by atoms with Crippen LogP contribution in [0.25, 0.3) is 0 Å². The van der Waals surface area contributed by atoms with Gasteiger partial charge in [0, 0.05) is 6.92 Å². The smallest absolute Gasteiger partial charge is 0.302 e. The lowest BCUT2D eigenvalue weighted by Gasteiger charge is -2.61. The SMILES string of the molecule is CC(=O)OCC(C)(O)[C@@H](C)CC[C@@H](C)[C@H]1CC[C@H]2[C@@H]3CCC4CCCC[C@]4(C)[C@H]3CC[C@]12C. The molecule has 0 radical (unpaired) electrons. The van der Waals surface area contributed by atoms with Crippen molar-refractivity contribution in [1.29, 1.82) is 0 Å². The number of ether oxygens (including phenoxy) is 1. The van der Waals surface area contributed by atoms with Crippen molar-refractivity contribution >= 4 is 5.97 Å². The van der Waals surface area contributed by atoms with Crippen molar-refractivity contribution in [3.05, 3.63) is 0 Å². The molecule has 0 spiro atoms. The minimum atomic E-state index is -0.945. The van der Waals surface area contributed by atoms with E-state index in [1.165, 1.54) is 71.1 Å². The molecule has 0 aromatic rings. The number of hydrogen-bond donors (Lipinski definition) is 1. The molecule has 0 aliphatic heterocycles. The van der Waals surface area contributed by atoms with E-state index in [2.05, 4.69) is 27.7 Å². The third-order valence-corrected chi connectivity index (χ3v) is 12.0. The van der Waals surface area contributed by atoms with Crippen LogP contribution in [0.1, 0.15) is 119 Å². The molecule has 1 N–H and O–H groups in total. The Bertz CT molecular complexity index is 701. The lowest BCUT2D eigenvalue weighted by Crippen LogP contribution is -2.53. The molecule has 4 fully saturated rings. The van der Waals surface area contributed by atoms with Gasteiger partial charge in [-0.15, -0.1) is 0 Å². The predicted molar refractivity (Wildman–Crippen MR) is 135 cm³/mol. The largest absolute Gasteiger partial charge is 0.463 e. The number of carbonyl (C=O) groups is 1. The zero-order valence-corrected chi connectivity index (χ0v) is 22.5. The topological polar surface area (TPSA) is 46.5 Å². The molecule has 3 nitrogen and oxygen atoms in total. The number of esters is 1. The molecule has 0 heterocycles. The van der Waals surface area contributed by atoms with Crippen LogP contribution in [0.5, 0.6) is 0 Å². The summed E-state index contributed by atoms with van der Waals surface area (Å²) >= 11 is 0. The second-order valence-electron chi connectivity index (χ2n) is 13.7. The highest BCUT2D eigenvalue weighted by atomic mass is 16.5. The van der Waals surface area contributed by atoms with Crippen molar-refractivity contribution in [3.8, 4) is 0 Å². The molecule has 4 aliphatic rings. The summed E-state index contributed by atoms with van der Waals surface area (Å²) in [6.07, 6.45) is 16.9. The first-order valence-electron chi connectivity index (χ1n) is 14.3. The second kappa shape index (κ2) is 9.47. The van der Waals surface area contributed by atoms with Crippen LogP contribution in [0.4, 0.5) is 0 Å². The monoisotopic (exact) mass is 460 g/mol. The van der Waals surface area contributed by atoms with Gasteiger partial charge < -0.3 is 9.84 Å². The van der Waals surface area contributed by atoms with Crippen LogP contribution >= 0.6 is 0 Å². The molecule has 0 saturated heterocycles. The third-order valence-electron chi connectivity index (χ3n) is 12.0. The van der Waals surface area contributed by atoms with Gasteiger partial charge in [0.05, 0.1) is 5.60 Å². The molecule has 0 amide bonds. The zero-order chi connectivity index (χ0) is 24.0. The molecule has 0 aromatic carbocycles. The van der Waals surface area contributed by atoms with Crippen molar-refractivity contribution in [2.24, 2.45) is 52.3 Å². The lowest BCUT2D eigenvalue weighted by atomic mass is 9.44. The number of aliphatic hydroxyl groups is 1. The van der Waals surface area contributed by atoms with E-state index >= 15 is 0 Å². The number of rotatable bonds is 7. The van der Waals surface area contributed by atoms with E-state index in [-0.39, 0.29) is 18.5 Å². The first kappa shape index (κ1) is 25.5. The Kier molecular flexibility index (Phi) is 7.33. The summed E-state index contributed by atoms with van der Waals surface area (Å²) in [5.74, 6) is 5.25. The van der Waals surface area contributed by atoms with E-state index in [4.69, 9.17) is 4.74 Å². The first-order chi connectivity index (χ1) is 15.5. The summed E-state index contributed by atoms with van der Waals surface area (Å²) in [7, 11) is 0. The van der Waals surface area contributed by atoms with Crippen LogP contribution < -0.4 is 0 Å². The van der Waals surface area contributed by atoms with Crippen molar-refractivity contribution in [1.82, 2.24) is 0 Å². The molecular formula is C30H52O3. The molecule has 33 heavy (non-hydrogen) atoms. The van der Waals surface area contributed by atoms with Gasteiger partial charge in [0.25, 0.3) is 0 Å². The summed E-state index contributed by atoms with van der Waals surface area (Å²) in [5.41, 5.74) is 0.205. The van der Waals surface area contributed by atoms with Gasteiger partial charge in [0.2, 0.25) is 0 Å². The van der Waals surface area contributed by atoms with Crippen molar-refractivity contribution in [3.63, 3.8) is 0 Å². The van der Waals surface area contributed by atoms with E-state index in [9.17, 15) is 9.90 Å². The van der Waals surface area contributed by atoms with Crippen LogP contribution in [0.3, 0.4) is 0 Å². The van der Waals surface area contributed by atoms with E-state index in [0.717, 1.165) is 42.4 Å². The Balaban J connectivity index is 1.38. The lowest BCUT2D eigenvalue weighted by molar-refractivity contribution is -0.151. The Labute approximate surface area is 203 Å². The molecule has 4 saturated carbocycles. The normalized spacial score (nSPS) is 44.0. The van der Waals surface area contributed by atoms with E-state index in [1.807, 2.05) is 6.92 Å². The average molecular weight is 461 g/mol. The van der Waals surface area contributed by atoms with Gasteiger partial charge in [-0.05, 0) is 117 Å². The molecule has 2 unspecified atom stereocenters. The number of fused-ring (bicyclic) bond motifs is 5. The fourth-order valence-electron chi connectivity index (χ4n) is 9.69. The highest BCUT2D eigenvalue weighted by Gasteiger charge is 2.60. The molecular weight excluding hydrogens is 408 g/mol. The van der Waals surface area contributed by atoms with E-state index < -0.39 is 5.60 Å². The summed E-state index contributed by atoms with van der Waals surface area (Å²) in [6, 6.07) is 0. The highest BCUT2D eigenvalue weighted by Crippen LogP contribution is 2.68. The first-order valence-corrected chi connectivity index (χ1v) is 14.3. The van der Waals surface area contributed by atoms with E-state index in [0.29, 0.717) is 16.7 Å². The van der Waals surface area contributed by atoms with Crippen LogP contribution in [-0.4, -0.2) is 23.3 Å². The Morgan fingerprint density at radius 3 is 2.42 bits per heavy atom. The quantitative estimate of drug-likeness (QED) is 0.403. The predicted octanol–water partition coefficient (Wildman–Crippen LogP) is 7.40. The van der Waals surface area contributed by atoms with Crippen LogP contribution in [0, 0.1) is 52.3 Å². The maximum atomic E-state index is 11.2. The highest BCUT2D eigenvalue weighted by molar-refractivity contribution is 5.65. The summed E-state index contributed by atoms with van der Waals surface area (Å²) in [5, 5.41) is 10.8.